The number of carbonyl (C=O) groups is 2. The van der Waals surface area contributed by atoms with Gasteiger partial charge in [-0.2, -0.15) is 0 Å². The highest BCUT2D eigenvalue weighted by molar-refractivity contribution is 7.13. The number of benzene rings is 1. The summed E-state index contributed by atoms with van der Waals surface area (Å²) >= 11 is 1.47. The molecule has 0 spiro atoms. The van der Waals surface area contributed by atoms with Crippen molar-refractivity contribution in [2.45, 2.75) is 24.5 Å². The molecule has 2 fully saturated rings. The zero-order valence-corrected chi connectivity index (χ0v) is 19.2. The van der Waals surface area contributed by atoms with Crippen LogP contribution >= 0.6 is 11.3 Å². The van der Waals surface area contributed by atoms with E-state index in [0.717, 1.165) is 10.6 Å². The molecule has 2 aromatic heterocycles. The second-order valence-corrected chi connectivity index (χ2v) is 9.40. The molecule has 0 aliphatic carbocycles. The molecule has 170 valence electrons. The van der Waals surface area contributed by atoms with E-state index in [1.807, 2.05) is 23.6 Å². The third kappa shape index (κ3) is 3.96. The summed E-state index contributed by atoms with van der Waals surface area (Å²) in [5, 5.41) is 16.9. The number of amides is 2. The molecule has 2 N–H and O–H groups in total. The topological polar surface area (TPSA) is 112 Å². The molecular formula is C23H24N6O3S. The Kier molecular flexibility index (Phi) is 5.34. The van der Waals surface area contributed by atoms with Gasteiger partial charge in [0, 0.05) is 57.2 Å². The average Bonchev–Trinajstić information content (AvgIpc) is 3.50. The van der Waals surface area contributed by atoms with E-state index in [4.69, 9.17) is 4.98 Å². The number of hydrogen-bond donors (Lipinski definition) is 2. The Hall–Kier alpha value is -3.37. The zero-order valence-electron chi connectivity index (χ0n) is 18.4. The number of likely N-dealkylation sites (tertiary alicyclic amines) is 2. The summed E-state index contributed by atoms with van der Waals surface area (Å²) in [6, 6.07) is 9.14. The van der Waals surface area contributed by atoms with Gasteiger partial charge in [0.15, 0.2) is 5.60 Å². The van der Waals surface area contributed by atoms with Gasteiger partial charge in [0.25, 0.3) is 5.91 Å². The standard InChI is InChI=1S/C23H24N6O3S/c1-28-9-7-23(32,21(28)31)15-5-3-4-14(10-15)20-26-18(13-33-20)17-6-8-24-22(27-17)25-16-11-19(30)29(2)12-16/h3-6,8,10,13,16,32H,7,9,11-12H2,1-2H3,(H,24,25,27). The summed E-state index contributed by atoms with van der Waals surface area (Å²) in [6.45, 7) is 1.14. The van der Waals surface area contributed by atoms with Crippen molar-refractivity contribution in [1.29, 1.82) is 0 Å². The quantitative estimate of drug-likeness (QED) is 0.594. The number of anilines is 1. The van der Waals surface area contributed by atoms with Crippen molar-refractivity contribution in [1.82, 2.24) is 24.8 Å². The summed E-state index contributed by atoms with van der Waals surface area (Å²) in [5.41, 5.74) is 1.30. The van der Waals surface area contributed by atoms with E-state index in [1.165, 1.54) is 11.3 Å². The number of nitrogens with one attached hydrogen (secondary N) is 1. The Labute approximate surface area is 195 Å². The maximum atomic E-state index is 12.5. The van der Waals surface area contributed by atoms with Gasteiger partial charge in [-0.1, -0.05) is 18.2 Å². The lowest BCUT2D eigenvalue weighted by Gasteiger charge is -2.21. The molecule has 0 radical (unpaired) electrons. The highest BCUT2D eigenvalue weighted by atomic mass is 32.1. The van der Waals surface area contributed by atoms with Crippen molar-refractivity contribution < 1.29 is 14.7 Å². The molecule has 2 aliphatic heterocycles. The van der Waals surface area contributed by atoms with Crippen LogP contribution < -0.4 is 5.32 Å². The van der Waals surface area contributed by atoms with Crippen LogP contribution in [0.15, 0.2) is 41.9 Å². The summed E-state index contributed by atoms with van der Waals surface area (Å²) < 4.78 is 0. The first-order valence-electron chi connectivity index (χ1n) is 10.7. The van der Waals surface area contributed by atoms with Gasteiger partial charge in [-0.3, -0.25) is 9.59 Å². The van der Waals surface area contributed by atoms with Crippen LogP contribution in [0, 0.1) is 0 Å². The predicted octanol–water partition coefficient (Wildman–Crippen LogP) is 1.96. The van der Waals surface area contributed by atoms with Gasteiger partial charge in [-0.25, -0.2) is 15.0 Å². The van der Waals surface area contributed by atoms with Crippen LogP contribution in [0.5, 0.6) is 0 Å². The minimum Gasteiger partial charge on any atom is -0.375 e. The predicted molar refractivity (Wildman–Crippen MR) is 124 cm³/mol. The molecule has 3 aromatic rings. The Morgan fingerprint density at radius 1 is 1.15 bits per heavy atom. The fourth-order valence-electron chi connectivity index (χ4n) is 4.27. The number of carbonyl (C=O) groups excluding carboxylic acids is 2. The molecule has 2 unspecified atom stereocenters. The van der Waals surface area contributed by atoms with Gasteiger partial charge < -0.3 is 20.2 Å². The number of hydrogen-bond acceptors (Lipinski definition) is 8. The Balaban J connectivity index is 1.37. The largest absolute Gasteiger partial charge is 0.375 e. The summed E-state index contributed by atoms with van der Waals surface area (Å²) in [4.78, 5) is 41.1. The van der Waals surface area contributed by atoms with Gasteiger partial charge in [0.1, 0.15) is 10.7 Å². The van der Waals surface area contributed by atoms with Crippen molar-refractivity contribution in [3.63, 3.8) is 0 Å². The van der Waals surface area contributed by atoms with Crippen LogP contribution in [-0.4, -0.2) is 74.9 Å². The second-order valence-electron chi connectivity index (χ2n) is 8.54. The van der Waals surface area contributed by atoms with E-state index in [2.05, 4.69) is 15.3 Å². The highest BCUT2D eigenvalue weighted by Crippen LogP contribution is 2.36. The average molecular weight is 465 g/mol. The lowest BCUT2D eigenvalue weighted by molar-refractivity contribution is -0.143. The van der Waals surface area contributed by atoms with Crippen LogP contribution in [0.2, 0.25) is 0 Å². The SMILES string of the molecule is CN1CC(Nc2nccc(-c3csc(-c4cccc(C5(O)CCN(C)C5=O)c4)n3)n2)CC1=O. The Bertz CT molecular complexity index is 1230. The monoisotopic (exact) mass is 464 g/mol. The third-order valence-corrected chi connectivity index (χ3v) is 7.08. The molecular weight excluding hydrogens is 440 g/mol. The van der Waals surface area contributed by atoms with E-state index in [0.29, 0.717) is 48.8 Å². The molecule has 4 heterocycles. The number of thiazole rings is 1. The normalized spacial score (nSPS) is 22.9. The molecule has 2 aliphatic rings. The van der Waals surface area contributed by atoms with E-state index in [-0.39, 0.29) is 17.9 Å². The Morgan fingerprint density at radius 3 is 2.73 bits per heavy atom. The number of aliphatic hydroxyl groups is 1. The van der Waals surface area contributed by atoms with E-state index in [9.17, 15) is 14.7 Å². The molecule has 0 saturated carbocycles. The fourth-order valence-corrected chi connectivity index (χ4v) is 5.08. The zero-order chi connectivity index (χ0) is 23.2. The molecule has 9 nitrogen and oxygen atoms in total. The molecule has 2 saturated heterocycles. The maximum Gasteiger partial charge on any atom is 0.258 e. The van der Waals surface area contributed by atoms with Gasteiger partial charge >= 0.3 is 0 Å². The summed E-state index contributed by atoms with van der Waals surface area (Å²) in [6.07, 6.45) is 2.46. The van der Waals surface area contributed by atoms with Gasteiger partial charge in [-0.05, 0) is 17.7 Å². The molecule has 2 amide bonds. The van der Waals surface area contributed by atoms with E-state index < -0.39 is 5.60 Å². The van der Waals surface area contributed by atoms with Crippen LogP contribution in [0.25, 0.3) is 22.0 Å². The molecule has 1 aromatic carbocycles. The van der Waals surface area contributed by atoms with Crippen molar-refractivity contribution in [2.75, 3.05) is 32.5 Å². The third-order valence-electron chi connectivity index (χ3n) is 6.19. The van der Waals surface area contributed by atoms with Gasteiger partial charge in [0.05, 0.1) is 11.7 Å². The van der Waals surface area contributed by atoms with Crippen LogP contribution in [0.1, 0.15) is 18.4 Å². The molecule has 2 atom stereocenters. The summed E-state index contributed by atoms with van der Waals surface area (Å²) in [5.74, 6) is 0.282. The van der Waals surface area contributed by atoms with Crippen molar-refractivity contribution >= 4 is 29.1 Å². The molecule has 5 rings (SSSR count). The van der Waals surface area contributed by atoms with Crippen LogP contribution in [0.4, 0.5) is 5.95 Å². The van der Waals surface area contributed by atoms with Crippen LogP contribution in [0.3, 0.4) is 0 Å². The minimum atomic E-state index is -1.49. The number of rotatable bonds is 5. The number of aromatic nitrogens is 3. The highest BCUT2D eigenvalue weighted by Gasteiger charge is 2.45. The van der Waals surface area contributed by atoms with Crippen molar-refractivity contribution in [2.24, 2.45) is 0 Å². The number of likely N-dealkylation sites (N-methyl/N-ethyl adjacent to an activating group) is 2. The minimum absolute atomic E-state index is 0.0189. The van der Waals surface area contributed by atoms with Gasteiger partial charge in [0.2, 0.25) is 11.9 Å². The van der Waals surface area contributed by atoms with Crippen molar-refractivity contribution in [3.05, 3.63) is 47.5 Å². The van der Waals surface area contributed by atoms with E-state index >= 15 is 0 Å². The lowest BCUT2D eigenvalue weighted by Crippen LogP contribution is -2.36. The lowest BCUT2D eigenvalue weighted by atomic mass is 9.91. The smallest absolute Gasteiger partial charge is 0.258 e. The summed E-state index contributed by atoms with van der Waals surface area (Å²) in [7, 11) is 3.48. The fraction of sp³-hybridized carbons (Fsp3) is 0.348. The number of nitrogens with zero attached hydrogens (tertiary/aromatic N) is 5. The van der Waals surface area contributed by atoms with Crippen LogP contribution in [-0.2, 0) is 15.2 Å². The van der Waals surface area contributed by atoms with E-state index in [1.54, 1.807) is 42.2 Å². The first kappa shape index (κ1) is 21.5. The Morgan fingerprint density at radius 2 is 2.00 bits per heavy atom. The molecule has 33 heavy (non-hydrogen) atoms. The second kappa shape index (κ2) is 8.20. The molecule has 10 heteroatoms. The maximum absolute atomic E-state index is 12.5. The van der Waals surface area contributed by atoms with Crippen molar-refractivity contribution in [3.8, 4) is 22.0 Å². The first-order chi connectivity index (χ1) is 15.8. The first-order valence-corrected chi connectivity index (χ1v) is 11.6. The van der Waals surface area contributed by atoms with Gasteiger partial charge in [-0.15, -0.1) is 11.3 Å². The molecule has 0 bridgehead atoms.